The van der Waals surface area contributed by atoms with Crippen LogP contribution >= 0.6 is 22.9 Å². The Morgan fingerprint density at radius 3 is 3.11 bits per heavy atom. The standard InChI is InChI=1S/C14H13ClFNS/c15-9-4-5-11(16)13(8-9)17-12-2-1-3-14-10(12)6-7-18-14/h4-8,12,17H,1-3H2. The molecular formula is C14H13ClFNS. The van der Waals surface area contributed by atoms with Crippen LogP contribution in [0, 0.1) is 5.82 Å². The van der Waals surface area contributed by atoms with Crippen LogP contribution in [-0.4, -0.2) is 0 Å². The van der Waals surface area contributed by atoms with Gasteiger partial charge in [0, 0.05) is 9.90 Å². The van der Waals surface area contributed by atoms with Crippen molar-refractivity contribution < 1.29 is 4.39 Å². The number of aryl methyl sites for hydroxylation is 1. The van der Waals surface area contributed by atoms with Crippen molar-refractivity contribution in [3.05, 3.63) is 50.9 Å². The maximum absolute atomic E-state index is 13.7. The fourth-order valence-electron chi connectivity index (χ4n) is 2.43. The summed E-state index contributed by atoms with van der Waals surface area (Å²) in [5.41, 5.74) is 1.80. The number of halogens is 2. The van der Waals surface area contributed by atoms with Gasteiger partial charge in [0.1, 0.15) is 5.82 Å². The lowest BCUT2D eigenvalue weighted by Gasteiger charge is -2.25. The van der Waals surface area contributed by atoms with E-state index in [0.717, 1.165) is 19.3 Å². The third kappa shape index (κ3) is 2.25. The molecule has 1 nitrogen and oxygen atoms in total. The molecule has 0 saturated heterocycles. The lowest BCUT2D eigenvalue weighted by molar-refractivity contribution is 0.592. The molecule has 1 unspecified atom stereocenters. The van der Waals surface area contributed by atoms with Gasteiger partial charge in [-0.05, 0) is 54.5 Å². The molecule has 0 spiro atoms. The molecule has 0 aliphatic heterocycles. The largest absolute Gasteiger partial charge is 0.376 e. The van der Waals surface area contributed by atoms with E-state index in [4.69, 9.17) is 11.6 Å². The number of hydrogen-bond donors (Lipinski definition) is 1. The van der Waals surface area contributed by atoms with Crippen LogP contribution < -0.4 is 5.32 Å². The smallest absolute Gasteiger partial charge is 0.146 e. The van der Waals surface area contributed by atoms with Crippen molar-refractivity contribution in [2.75, 3.05) is 5.32 Å². The quantitative estimate of drug-likeness (QED) is 0.814. The molecule has 0 radical (unpaired) electrons. The zero-order valence-electron chi connectivity index (χ0n) is 9.75. The molecule has 0 fully saturated rings. The van der Waals surface area contributed by atoms with Crippen molar-refractivity contribution in [1.29, 1.82) is 0 Å². The van der Waals surface area contributed by atoms with Crippen molar-refractivity contribution >= 4 is 28.6 Å². The van der Waals surface area contributed by atoms with Crippen LogP contribution in [-0.2, 0) is 6.42 Å². The number of thiophene rings is 1. The molecule has 0 bridgehead atoms. The average molecular weight is 282 g/mol. The first-order valence-corrected chi connectivity index (χ1v) is 7.27. The molecule has 0 amide bonds. The fourth-order valence-corrected chi connectivity index (χ4v) is 3.59. The van der Waals surface area contributed by atoms with Gasteiger partial charge in [-0.25, -0.2) is 4.39 Å². The summed E-state index contributed by atoms with van der Waals surface area (Å²) < 4.78 is 13.7. The Morgan fingerprint density at radius 1 is 1.33 bits per heavy atom. The Balaban J connectivity index is 1.88. The predicted molar refractivity (Wildman–Crippen MR) is 75.0 cm³/mol. The molecule has 1 aliphatic rings. The van der Waals surface area contributed by atoms with Crippen LogP contribution in [0.2, 0.25) is 5.02 Å². The summed E-state index contributed by atoms with van der Waals surface area (Å²) in [6.07, 6.45) is 3.33. The van der Waals surface area contributed by atoms with Gasteiger partial charge in [-0.1, -0.05) is 11.6 Å². The zero-order chi connectivity index (χ0) is 12.5. The maximum atomic E-state index is 13.7. The number of nitrogens with one attached hydrogen (secondary N) is 1. The molecule has 1 atom stereocenters. The fraction of sp³-hybridized carbons (Fsp3) is 0.286. The van der Waals surface area contributed by atoms with Gasteiger partial charge < -0.3 is 5.32 Å². The van der Waals surface area contributed by atoms with Gasteiger partial charge >= 0.3 is 0 Å². The monoisotopic (exact) mass is 281 g/mol. The minimum absolute atomic E-state index is 0.202. The molecule has 1 aromatic heterocycles. The molecule has 1 heterocycles. The van der Waals surface area contributed by atoms with Crippen molar-refractivity contribution in [3.63, 3.8) is 0 Å². The van der Waals surface area contributed by atoms with E-state index < -0.39 is 0 Å². The molecule has 1 aliphatic carbocycles. The summed E-state index contributed by atoms with van der Waals surface area (Å²) in [6.45, 7) is 0. The van der Waals surface area contributed by atoms with E-state index >= 15 is 0 Å². The predicted octanol–water partition coefficient (Wildman–Crippen LogP) is 5.03. The van der Waals surface area contributed by atoms with Gasteiger partial charge in [-0.3, -0.25) is 0 Å². The molecule has 2 aromatic rings. The highest BCUT2D eigenvalue weighted by Gasteiger charge is 2.21. The van der Waals surface area contributed by atoms with Gasteiger partial charge in [-0.15, -0.1) is 11.3 Å². The normalized spacial score (nSPS) is 18.4. The maximum Gasteiger partial charge on any atom is 0.146 e. The highest BCUT2D eigenvalue weighted by molar-refractivity contribution is 7.10. The van der Waals surface area contributed by atoms with Crippen molar-refractivity contribution in [3.8, 4) is 0 Å². The molecule has 0 saturated carbocycles. The second-order valence-electron chi connectivity index (χ2n) is 4.51. The van der Waals surface area contributed by atoms with Gasteiger partial charge in [0.2, 0.25) is 0 Å². The van der Waals surface area contributed by atoms with E-state index in [2.05, 4.69) is 16.8 Å². The Bertz CT molecular complexity index is 567. The first kappa shape index (κ1) is 12.0. The summed E-state index contributed by atoms with van der Waals surface area (Å²) in [7, 11) is 0. The lowest BCUT2D eigenvalue weighted by atomic mass is 9.94. The van der Waals surface area contributed by atoms with Crippen LogP contribution in [0.5, 0.6) is 0 Å². The van der Waals surface area contributed by atoms with Gasteiger partial charge in [0.25, 0.3) is 0 Å². The summed E-state index contributed by atoms with van der Waals surface area (Å²) in [4.78, 5) is 1.42. The van der Waals surface area contributed by atoms with Crippen LogP contribution in [0.3, 0.4) is 0 Å². The first-order chi connectivity index (χ1) is 8.74. The van der Waals surface area contributed by atoms with Crippen LogP contribution in [0.15, 0.2) is 29.6 Å². The highest BCUT2D eigenvalue weighted by Crippen LogP contribution is 2.36. The van der Waals surface area contributed by atoms with E-state index in [-0.39, 0.29) is 11.9 Å². The second kappa shape index (κ2) is 4.90. The van der Waals surface area contributed by atoms with E-state index in [1.807, 2.05) is 0 Å². The summed E-state index contributed by atoms with van der Waals surface area (Å²) >= 11 is 7.70. The van der Waals surface area contributed by atoms with E-state index in [1.54, 1.807) is 23.5 Å². The van der Waals surface area contributed by atoms with Gasteiger partial charge in [-0.2, -0.15) is 0 Å². The summed E-state index contributed by atoms with van der Waals surface area (Å²) in [5, 5.41) is 5.95. The van der Waals surface area contributed by atoms with Gasteiger partial charge in [0.15, 0.2) is 0 Å². The zero-order valence-corrected chi connectivity index (χ0v) is 11.3. The first-order valence-electron chi connectivity index (χ1n) is 6.02. The summed E-state index contributed by atoms with van der Waals surface area (Å²) in [5.74, 6) is -0.248. The molecule has 3 rings (SSSR count). The lowest BCUT2D eigenvalue weighted by Crippen LogP contribution is -2.16. The third-order valence-electron chi connectivity index (χ3n) is 3.31. The minimum Gasteiger partial charge on any atom is -0.376 e. The average Bonchev–Trinajstić information content (AvgIpc) is 2.83. The van der Waals surface area contributed by atoms with E-state index in [0.29, 0.717) is 10.7 Å². The SMILES string of the molecule is Fc1ccc(Cl)cc1NC1CCCc2sccc21. The number of hydrogen-bond acceptors (Lipinski definition) is 2. The van der Waals surface area contributed by atoms with Gasteiger partial charge in [0.05, 0.1) is 11.7 Å². The molecule has 1 aromatic carbocycles. The van der Waals surface area contributed by atoms with Crippen LogP contribution in [0.4, 0.5) is 10.1 Å². The Kier molecular flexibility index (Phi) is 3.27. The minimum atomic E-state index is -0.248. The molecular weight excluding hydrogens is 269 g/mol. The molecule has 1 N–H and O–H groups in total. The van der Waals surface area contributed by atoms with Crippen molar-refractivity contribution in [2.45, 2.75) is 25.3 Å². The van der Waals surface area contributed by atoms with Crippen molar-refractivity contribution in [2.24, 2.45) is 0 Å². The number of anilines is 1. The Morgan fingerprint density at radius 2 is 2.22 bits per heavy atom. The van der Waals surface area contributed by atoms with Crippen LogP contribution in [0.1, 0.15) is 29.3 Å². The Hall–Kier alpha value is -1.06. The number of fused-ring (bicyclic) bond motifs is 1. The van der Waals surface area contributed by atoms with Crippen molar-refractivity contribution in [1.82, 2.24) is 0 Å². The Labute approximate surface area is 115 Å². The third-order valence-corrected chi connectivity index (χ3v) is 4.54. The van der Waals surface area contributed by atoms with Crippen LogP contribution in [0.25, 0.3) is 0 Å². The second-order valence-corrected chi connectivity index (χ2v) is 5.95. The highest BCUT2D eigenvalue weighted by atomic mass is 35.5. The van der Waals surface area contributed by atoms with E-state index in [1.165, 1.54) is 16.5 Å². The molecule has 94 valence electrons. The summed E-state index contributed by atoms with van der Waals surface area (Å²) in [6, 6.07) is 6.96. The molecule has 18 heavy (non-hydrogen) atoms. The number of benzene rings is 1. The number of rotatable bonds is 2. The van der Waals surface area contributed by atoms with E-state index in [9.17, 15) is 4.39 Å². The topological polar surface area (TPSA) is 12.0 Å². The molecule has 4 heteroatoms.